The van der Waals surface area contributed by atoms with Crippen molar-refractivity contribution in [1.29, 1.82) is 0 Å². The highest BCUT2D eigenvalue weighted by Gasteiger charge is 2.31. The highest BCUT2D eigenvalue weighted by Crippen LogP contribution is 2.24. The van der Waals surface area contributed by atoms with E-state index in [2.05, 4.69) is 10.3 Å². The van der Waals surface area contributed by atoms with Gasteiger partial charge in [-0.2, -0.15) is 13.2 Å². The first-order valence-corrected chi connectivity index (χ1v) is 9.13. The number of rotatable bonds is 4. The van der Waals surface area contributed by atoms with Crippen molar-refractivity contribution in [2.75, 3.05) is 13.2 Å². The summed E-state index contributed by atoms with van der Waals surface area (Å²) in [5.41, 5.74) is 1.29. The lowest BCUT2D eigenvalue weighted by Crippen LogP contribution is -2.42. The lowest BCUT2D eigenvalue weighted by Gasteiger charge is -2.25. The van der Waals surface area contributed by atoms with Gasteiger partial charge in [-0.3, -0.25) is 4.79 Å². The molecule has 0 radical (unpaired) electrons. The monoisotopic (exact) mass is 395 g/mol. The van der Waals surface area contributed by atoms with Crippen LogP contribution >= 0.6 is 0 Å². The second-order valence-electron chi connectivity index (χ2n) is 7.07. The fourth-order valence-corrected chi connectivity index (χ4v) is 3.55. The molecule has 0 saturated heterocycles. The van der Waals surface area contributed by atoms with Gasteiger partial charge < -0.3 is 19.4 Å². The van der Waals surface area contributed by atoms with Crippen molar-refractivity contribution in [3.63, 3.8) is 0 Å². The van der Waals surface area contributed by atoms with Crippen LogP contribution in [0.3, 0.4) is 0 Å². The Labute approximate surface area is 159 Å². The van der Waals surface area contributed by atoms with Gasteiger partial charge in [0.05, 0.1) is 18.7 Å². The highest BCUT2D eigenvalue weighted by atomic mass is 19.4. The Morgan fingerprint density at radius 2 is 2.18 bits per heavy atom. The van der Waals surface area contributed by atoms with Crippen LogP contribution in [0.1, 0.15) is 28.3 Å². The molecule has 1 unspecified atom stereocenters. The maximum atomic E-state index is 12.6. The molecule has 1 aromatic heterocycles. The van der Waals surface area contributed by atoms with Crippen LogP contribution in [-0.2, 0) is 24.1 Å². The number of carbonyl (C=O) groups excluding carboxylic acids is 1. The second kappa shape index (κ2) is 7.46. The number of hydrogen-bond acceptors (Lipinski definition) is 4. The predicted molar refractivity (Wildman–Crippen MR) is 93.2 cm³/mol. The third-order valence-electron chi connectivity index (χ3n) is 4.88. The molecule has 150 valence electrons. The van der Waals surface area contributed by atoms with Gasteiger partial charge in [0.2, 0.25) is 0 Å². The van der Waals surface area contributed by atoms with Gasteiger partial charge in [0.15, 0.2) is 0 Å². The number of nitrogens with zero attached hydrogens (tertiary/aromatic N) is 2. The van der Waals surface area contributed by atoms with E-state index in [4.69, 9.17) is 9.47 Å². The Morgan fingerprint density at radius 1 is 1.36 bits per heavy atom. The van der Waals surface area contributed by atoms with Crippen LogP contribution in [0, 0.1) is 0 Å². The Morgan fingerprint density at radius 3 is 3.00 bits per heavy atom. The number of benzene rings is 1. The molecule has 28 heavy (non-hydrogen) atoms. The number of carbonyl (C=O) groups is 1. The zero-order valence-corrected chi connectivity index (χ0v) is 15.0. The van der Waals surface area contributed by atoms with E-state index >= 15 is 0 Å². The second-order valence-corrected chi connectivity index (χ2v) is 7.07. The standard InChI is InChI=1S/C19H20F3N3O3/c20-19(21,22)11-28-14-5-6-17-24-15(9-25(17)8-14)18(26)23-13-7-12-3-1-2-4-16(12)27-10-13/h1-4,9,13-14H,5-8,10-11H2,(H,23,26)/t13-,14?/m1/s1. The molecule has 0 saturated carbocycles. The maximum absolute atomic E-state index is 12.6. The van der Waals surface area contributed by atoms with Crippen LogP contribution in [0.15, 0.2) is 30.5 Å². The van der Waals surface area contributed by atoms with E-state index in [0.717, 1.165) is 11.3 Å². The van der Waals surface area contributed by atoms with Crippen LogP contribution in [-0.4, -0.2) is 47.0 Å². The number of ether oxygens (including phenoxy) is 2. The van der Waals surface area contributed by atoms with Crippen molar-refractivity contribution in [2.24, 2.45) is 0 Å². The number of aromatic nitrogens is 2. The zero-order chi connectivity index (χ0) is 19.7. The number of alkyl halides is 3. The Kier molecular flexibility index (Phi) is 5.01. The molecule has 6 nitrogen and oxygen atoms in total. The van der Waals surface area contributed by atoms with Gasteiger partial charge in [0, 0.05) is 12.6 Å². The first kappa shape index (κ1) is 18.8. The molecule has 0 bridgehead atoms. The maximum Gasteiger partial charge on any atom is 0.411 e. The molecule has 2 aliphatic heterocycles. The summed E-state index contributed by atoms with van der Waals surface area (Å²) in [5, 5.41) is 2.92. The van der Waals surface area contributed by atoms with Gasteiger partial charge in [0.1, 0.15) is 30.5 Å². The number of nitrogens with one attached hydrogen (secondary N) is 1. The van der Waals surface area contributed by atoms with Crippen molar-refractivity contribution in [2.45, 2.75) is 44.1 Å². The number of imidazole rings is 1. The smallest absolute Gasteiger partial charge is 0.411 e. The summed E-state index contributed by atoms with van der Waals surface area (Å²) in [7, 11) is 0. The Bertz CT molecular complexity index is 866. The van der Waals surface area contributed by atoms with Gasteiger partial charge in [-0.25, -0.2) is 4.98 Å². The summed E-state index contributed by atoms with van der Waals surface area (Å²) < 4.78 is 49.3. The lowest BCUT2D eigenvalue weighted by molar-refractivity contribution is -0.187. The van der Waals surface area contributed by atoms with Gasteiger partial charge in [-0.1, -0.05) is 18.2 Å². The first-order valence-electron chi connectivity index (χ1n) is 9.13. The normalized spacial score (nSPS) is 21.4. The van der Waals surface area contributed by atoms with E-state index in [1.165, 1.54) is 0 Å². The van der Waals surface area contributed by atoms with Crippen molar-refractivity contribution >= 4 is 5.91 Å². The molecule has 2 aliphatic rings. The molecule has 1 N–H and O–H groups in total. The van der Waals surface area contributed by atoms with E-state index in [1.807, 2.05) is 24.3 Å². The molecule has 1 amide bonds. The third-order valence-corrected chi connectivity index (χ3v) is 4.88. The molecule has 4 rings (SSSR count). The summed E-state index contributed by atoms with van der Waals surface area (Å²) in [4.78, 5) is 16.9. The molecular formula is C19H20F3N3O3. The summed E-state index contributed by atoms with van der Waals surface area (Å²) >= 11 is 0. The SMILES string of the molecule is O=C(N[C@H]1COc2ccccc2C1)c1cn2c(n1)CCC(OCC(F)(F)F)C2. The Hall–Kier alpha value is -2.55. The molecule has 0 aliphatic carbocycles. The highest BCUT2D eigenvalue weighted by molar-refractivity contribution is 5.92. The van der Waals surface area contributed by atoms with Gasteiger partial charge in [-0.15, -0.1) is 0 Å². The fraction of sp³-hybridized carbons (Fsp3) is 0.474. The minimum Gasteiger partial charge on any atom is -0.491 e. The van der Waals surface area contributed by atoms with Crippen molar-refractivity contribution < 1.29 is 27.4 Å². The molecular weight excluding hydrogens is 375 g/mol. The summed E-state index contributed by atoms with van der Waals surface area (Å²) in [6.07, 6.45) is -1.73. The van der Waals surface area contributed by atoms with Gasteiger partial charge >= 0.3 is 6.18 Å². The third kappa shape index (κ3) is 4.30. The molecule has 3 heterocycles. The molecule has 0 fully saturated rings. The van der Waals surface area contributed by atoms with Gasteiger partial charge in [-0.05, 0) is 24.5 Å². The molecule has 2 aromatic rings. The van der Waals surface area contributed by atoms with Crippen molar-refractivity contribution in [3.05, 3.63) is 47.5 Å². The van der Waals surface area contributed by atoms with E-state index in [1.54, 1.807) is 10.8 Å². The molecule has 1 aromatic carbocycles. The molecule has 9 heteroatoms. The average Bonchev–Trinajstić information content (AvgIpc) is 3.09. The van der Waals surface area contributed by atoms with E-state index in [-0.39, 0.29) is 24.2 Å². The predicted octanol–water partition coefficient (Wildman–Crippen LogP) is 2.51. The minimum absolute atomic E-state index is 0.163. The van der Waals surface area contributed by atoms with Crippen LogP contribution in [0.4, 0.5) is 13.2 Å². The van der Waals surface area contributed by atoms with Crippen LogP contribution in [0.25, 0.3) is 0 Å². The largest absolute Gasteiger partial charge is 0.491 e. The number of halogens is 3. The number of aryl methyl sites for hydroxylation is 1. The number of para-hydroxylation sites is 1. The van der Waals surface area contributed by atoms with E-state index < -0.39 is 18.9 Å². The van der Waals surface area contributed by atoms with Crippen LogP contribution < -0.4 is 10.1 Å². The van der Waals surface area contributed by atoms with Crippen molar-refractivity contribution in [3.8, 4) is 5.75 Å². The van der Waals surface area contributed by atoms with E-state index in [9.17, 15) is 18.0 Å². The lowest BCUT2D eigenvalue weighted by atomic mass is 10.0. The van der Waals surface area contributed by atoms with E-state index in [0.29, 0.717) is 31.7 Å². The van der Waals surface area contributed by atoms with Gasteiger partial charge in [0.25, 0.3) is 5.91 Å². The number of amides is 1. The number of hydrogen-bond donors (Lipinski definition) is 1. The number of fused-ring (bicyclic) bond motifs is 2. The summed E-state index contributed by atoms with van der Waals surface area (Å²) in [6.45, 7) is -0.631. The van der Waals surface area contributed by atoms with Crippen LogP contribution in [0.2, 0.25) is 0 Å². The fourth-order valence-electron chi connectivity index (χ4n) is 3.55. The quantitative estimate of drug-likeness (QED) is 0.864. The van der Waals surface area contributed by atoms with Crippen LogP contribution in [0.5, 0.6) is 5.75 Å². The summed E-state index contributed by atoms with van der Waals surface area (Å²) in [6, 6.07) is 7.52. The Balaban J connectivity index is 1.36. The average molecular weight is 395 g/mol. The molecule has 0 spiro atoms. The first-order chi connectivity index (χ1) is 13.4. The molecule has 2 atom stereocenters. The summed E-state index contributed by atoms with van der Waals surface area (Å²) in [5.74, 6) is 1.19. The topological polar surface area (TPSA) is 65.4 Å². The van der Waals surface area contributed by atoms with Crippen molar-refractivity contribution in [1.82, 2.24) is 14.9 Å². The minimum atomic E-state index is -4.35. The zero-order valence-electron chi connectivity index (χ0n) is 15.0.